The van der Waals surface area contributed by atoms with E-state index in [9.17, 15) is 15.0 Å². The molecule has 3 aromatic carbocycles. The predicted molar refractivity (Wildman–Crippen MR) is 123 cm³/mol. The van der Waals surface area contributed by atoms with Crippen molar-refractivity contribution in [2.24, 2.45) is 5.10 Å². The first kappa shape index (κ1) is 21.7. The van der Waals surface area contributed by atoms with E-state index < -0.39 is 11.5 Å². The zero-order valence-electron chi connectivity index (χ0n) is 14.8. The fourth-order valence-corrected chi connectivity index (χ4v) is 5.06. The molecule has 0 aliphatic carbocycles. The highest BCUT2D eigenvalue weighted by Crippen LogP contribution is 2.38. The van der Waals surface area contributed by atoms with Gasteiger partial charge in [-0.2, -0.15) is 5.10 Å². The number of hydrogen-bond acceptors (Lipinski definition) is 4. The molecule has 0 aliphatic heterocycles. The Morgan fingerprint density at radius 2 is 1.45 bits per heavy atom. The van der Waals surface area contributed by atoms with Crippen LogP contribution in [0.25, 0.3) is 0 Å². The second-order valence-corrected chi connectivity index (χ2v) is 8.56. The molecule has 3 rings (SSSR count). The molecule has 0 heterocycles. The van der Waals surface area contributed by atoms with Crippen LogP contribution in [0.2, 0.25) is 0 Å². The van der Waals surface area contributed by atoms with E-state index >= 15 is 0 Å². The van der Waals surface area contributed by atoms with E-state index in [2.05, 4.69) is 58.3 Å². The van der Waals surface area contributed by atoms with Crippen molar-refractivity contribution in [1.82, 2.24) is 5.43 Å². The van der Waals surface area contributed by atoms with Crippen molar-refractivity contribution in [1.29, 1.82) is 0 Å². The van der Waals surface area contributed by atoms with E-state index in [1.807, 2.05) is 0 Å². The number of hydrogen-bond donors (Lipinski definition) is 3. The number of carbonyl (C=O) groups is 1. The lowest BCUT2D eigenvalue weighted by molar-refractivity contribution is -0.136. The first-order chi connectivity index (χ1) is 13.9. The van der Waals surface area contributed by atoms with Crippen LogP contribution in [0.3, 0.4) is 0 Å². The second kappa shape index (κ2) is 9.21. The van der Waals surface area contributed by atoms with E-state index in [-0.39, 0.29) is 5.75 Å². The third-order valence-corrected chi connectivity index (χ3v) is 6.32. The maximum absolute atomic E-state index is 13.0. The number of aromatic hydroxyl groups is 1. The molecular formula is C21H15Br3N2O3. The van der Waals surface area contributed by atoms with Gasteiger partial charge in [-0.05, 0) is 49.1 Å². The Kier molecular flexibility index (Phi) is 6.89. The number of rotatable bonds is 5. The monoisotopic (exact) mass is 580 g/mol. The molecule has 0 spiro atoms. The minimum atomic E-state index is -1.92. The van der Waals surface area contributed by atoms with Crippen molar-refractivity contribution < 1.29 is 15.0 Å². The van der Waals surface area contributed by atoms with Gasteiger partial charge in [0.05, 0.1) is 15.2 Å². The summed E-state index contributed by atoms with van der Waals surface area (Å²) in [5, 5.41) is 25.4. The van der Waals surface area contributed by atoms with Crippen LogP contribution in [0.5, 0.6) is 5.75 Å². The van der Waals surface area contributed by atoms with Gasteiger partial charge < -0.3 is 10.2 Å². The molecule has 0 atom stereocenters. The van der Waals surface area contributed by atoms with Crippen LogP contribution >= 0.6 is 47.8 Å². The number of hydrazone groups is 1. The molecule has 0 bridgehead atoms. The molecule has 0 unspecified atom stereocenters. The highest BCUT2D eigenvalue weighted by atomic mass is 79.9. The molecule has 0 saturated carbocycles. The molecule has 0 aliphatic rings. The van der Waals surface area contributed by atoms with Crippen LogP contribution in [-0.2, 0) is 10.4 Å². The summed E-state index contributed by atoms with van der Waals surface area (Å²) in [6.07, 6.45) is 1.37. The molecule has 0 saturated heterocycles. The van der Waals surface area contributed by atoms with Crippen LogP contribution in [-0.4, -0.2) is 22.3 Å². The van der Waals surface area contributed by atoms with Gasteiger partial charge in [-0.15, -0.1) is 0 Å². The summed E-state index contributed by atoms with van der Waals surface area (Å²) in [6.45, 7) is 0. The van der Waals surface area contributed by atoms with Crippen molar-refractivity contribution in [3.05, 3.63) is 96.8 Å². The summed E-state index contributed by atoms with van der Waals surface area (Å²) in [7, 11) is 0. The fourth-order valence-electron chi connectivity index (χ4n) is 2.74. The lowest BCUT2D eigenvalue weighted by Crippen LogP contribution is -2.43. The number of carbonyl (C=O) groups excluding carboxylic acids is 1. The summed E-state index contributed by atoms with van der Waals surface area (Å²) in [4.78, 5) is 13.0. The topological polar surface area (TPSA) is 81.9 Å². The number of phenolic OH excluding ortho intramolecular Hbond substituents is 1. The van der Waals surface area contributed by atoms with Crippen LogP contribution < -0.4 is 5.43 Å². The lowest BCUT2D eigenvalue weighted by Gasteiger charge is -2.27. The van der Waals surface area contributed by atoms with Crippen molar-refractivity contribution in [2.75, 3.05) is 0 Å². The standard InChI is InChI=1S/C21H15Br3N2O3/c22-16-11-17(23)19(27)18(24)15(16)12-25-26-20(28)21(29,13-7-3-1-4-8-13)14-9-5-2-6-10-14/h1-12,27,29H,(H,26,28)/b25-12-. The predicted octanol–water partition coefficient (Wildman–Crippen LogP) is 5.07. The van der Waals surface area contributed by atoms with E-state index in [1.165, 1.54) is 6.21 Å². The Balaban J connectivity index is 1.93. The molecule has 3 aromatic rings. The maximum atomic E-state index is 13.0. The Labute approximate surface area is 192 Å². The van der Waals surface area contributed by atoms with Gasteiger partial charge in [0.1, 0.15) is 5.75 Å². The third kappa shape index (κ3) is 4.45. The van der Waals surface area contributed by atoms with Gasteiger partial charge in [0.25, 0.3) is 5.91 Å². The third-order valence-electron chi connectivity index (χ3n) is 4.25. The van der Waals surface area contributed by atoms with Gasteiger partial charge >= 0.3 is 0 Å². The number of phenols is 1. The number of amides is 1. The van der Waals surface area contributed by atoms with Gasteiger partial charge in [-0.3, -0.25) is 4.79 Å². The summed E-state index contributed by atoms with van der Waals surface area (Å²) >= 11 is 9.93. The van der Waals surface area contributed by atoms with Crippen LogP contribution in [0.4, 0.5) is 0 Å². The van der Waals surface area contributed by atoms with Gasteiger partial charge in [0.15, 0.2) is 5.60 Å². The highest BCUT2D eigenvalue weighted by molar-refractivity contribution is 9.11. The quantitative estimate of drug-likeness (QED) is 0.290. The molecule has 0 aromatic heterocycles. The Bertz CT molecular complexity index is 1020. The summed E-state index contributed by atoms with van der Waals surface area (Å²) in [5.74, 6) is -0.703. The molecule has 29 heavy (non-hydrogen) atoms. The smallest absolute Gasteiger partial charge is 0.281 e. The summed E-state index contributed by atoms with van der Waals surface area (Å²) < 4.78 is 1.55. The van der Waals surface area contributed by atoms with Crippen molar-refractivity contribution in [3.63, 3.8) is 0 Å². The van der Waals surface area contributed by atoms with Crippen molar-refractivity contribution >= 4 is 59.9 Å². The Morgan fingerprint density at radius 3 is 1.97 bits per heavy atom. The van der Waals surface area contributed by atoms with Gasteiger partial charge in [0.2, 0.25) is 0 Å². The van der Waals surface area contributed by atoms with Crippen molar-refractivity contribution in [2.45, 2.75) is 5.60 Å². The van der Waals surface area contributed by atoms with E-state index in [1.54, 1.807) is 66.7 Å². The molecule has 0 radical (unpaired) electrons. The molecule has 0 fully saturated rings. The average molecular weight is 583 g/mol. The van der Waals surface area contributed by atoms with Crippen LogP contribution in [0, 0.1) is 0 Å². The Hall–Kier alpha value is -2.00. The van der Waals surface area contributed by atoms with Crippen molar-refractivity contribution in [3.8, 4) is 5.75 Å². The normalized spacial score (nSPS) is 11.6. The molecular weight excluding hydrogens is 568 g/mol. The zero-order chi connectivity index (χ0) is 21.0. The highest BCUT2D eigenvalue weighted by Gasteiger charge is 2.39. The first-order valence-electron chi connectivity index (χ1n) is 8.39. The van der Waals surface area contributed by atoms with Gasteiger partial charge in [-0.1, -0.05) is 76.6 Å². The molecule has 148 valence electrons. The fraction of sp³-hybridized carbons (Fsp3) is 0.0476. The van der Waals surface area contributed by atoms with E-state index in [0.717, 1.165) is 0 Å². The summed E-state index contributed by atoms with van der Waals surface area (Å²) in [5.41, 5.74) is 1.84. The SMILES string of the molecule is O=C(N/N=C\c1c(Br)cc(Br)c(O)c1Br)C(O)(c1ccccc1)c1ccccc1. The number of benzene rings is 3. The summed E-state index contributed by atoms with van der Waals surface area (Å²) in [6, 6.07) is 19.0. The number of halogens is 3. The van der Waals surface area contributed by atoms with Gasteiger partial charge in [0, 0.05) is 10.0 Å². The van der Waals surface area contributed by atoms with E-state index in [0.29, 0.717) is 30.1 Å². The minimum absolute atomic E-state index is 0.00560. The van der Waals surface area contributed by atoms with Crippen LogP contribution in [0.15, 0.2) is 85.2 Å². The van der Waals surface area contributed by atoms with Crippen LogP contribution in [0.1, 0.15) is 16.7 Å². The molecule has 5 nitrogen and oxygen atoms in total. The number of nitrogens with one attached hydrogen (secondary N) is 1. The van der Waals surface area contributed by atoms with E-state index in [4.69, 9.17) is 0 Å². The molecule has 3 N–H and O–H groups in total. The maximum Gasteiger partial charge on any atom is 0.281 e. The Morgan fingerprint density at radius 1 is 0.931 bits per heavy atom. The zero-order valence-corrected chi connectivity index (χ0v) is 19.6. The average Bonchev–Trinajstić information content (AvgIpc) is 2.75. The lowest BCUT2D eigenvalue weighted by atomic mass is 9.85. The number of aliphatic hydroxyl groups is 1. The number of nitrogens with zero attached hydrogens (tertiary/aromatic N) is 1. The first-order valence-corrected chi connectivity index (χ1v) is 10.8. The largest absolute Gasteiger partial charge is 0.506 e. The molecule has 8 heteroatoms. The van der Waals surface area contributed by atoms with Gasteiger partial charge in [-0.25, -0.2) is 5.43 Å². The molecule has 1 amide bonds. The second-order valence-electron chi connectivity index (χ2n) is 6.06. The minimum Gasteiger partial charge on any atom is -0.506 e.